The summed E-state index contributed by atoms with van der Waals surface area (Å²) in [5.41, 5.74) is 0.889. The van der Waals surface area contributed by atoms with E-state index in [0.29, 0.717) is 24.6 Å². The predicted octanol–water partition coefficient (Wildman–Crippen LogP) is 2.81. The quantitative estimate of drug-likeness (QED) is 0.942. The Kier molecular flexibility index (Phi) is 3.91. The largest absolute Gasteiger partial charge is 0.393 e. The molecule has 2 rings (SSSR count). The van der Waals surface area contributed by atoms with Gasteiger partial charge >= 0.3 is 0 Å². The van der Waals surface area contributed by atoms with E-state index in [1.54, 1.807) is 0 Å². The lowest BCUT2D eigenvalue weighted by Gasteiger charge is -2.01. The number of hydrogen-bond donors (Lipinski definition) is 1. The molecule has 1 aromatic carbocycles. The number of rotatable bonds is 4. The monoisotopic (exact) mass is 296 g/mol. The molecule has 0 saturated carbocycles. The van der Waals surface area contributed by atoms with Crippen molar-refractivity contribution >= 4 is 15.9 Å². The van der Waals surface area contributed by atoms with Crippen LogP contribution >= 0.6 is 15.9 Å². The number of nitrogens with zero attached hydrogens (tertiary/aromatic N) is 2. The molecule has 90 valence electrons. The summed E-state index contributed by atoms with van der Waals surface area (Å²) in [4.78, 5) is 4.25. The van der Waals surface area contributed by atoms with Gasteiger partial charge in [-0.3, -0.25) is 0 Å². The van der Waals surface area contributed by atoms with Crippen LogP contribution in [0.25, 0.3) is 11.4 Å². The molecule has 1 N–H and O–H groups in total. The van der Waals surface area contributed by atoms with E-state index in [-0.39, 0.29) is 0 Å². The number of halogens is 1. The maximum atomic E-state index is 9.50. The van der Waals surface area contributed by atoms with Crippen molar-refractivity contribution in [1.29, 1.82) is 0 Å². The first-order chi connectivity index (χ1) is 8.19. The van der Waals surface area contributed by atoms with Gasteiger partial charge in [0.1, 0.15) is 0 Å². The second-order valence-electron chi connectivity index (χ2n) is 3.79. The fourth-order valence-electron chi connectivity index (χ4n) is 1.43. The third kappa shape index (κ3) is 3.14. The summed E-state index contributed by atoms with van der Waals surface area (Å²) in [7, 11) is 0. The molecular weight excluding hydrogens is 284 g/mol. The summed E-state index contributed by atoms with van der Waals surface area (Å²) in [6.07, 6.45) is 0.650. The molecule has 0 spiro atoms. The van der Waals surface area contributed by atoms with Gasteiger partial charge < -0.3 is 9.63 Å². The summed E-state index contributed by atoms with van der Waals surface area (Å²) in [6.45, 7) is 1.91. The topological polar surface area (TPSA) is 59.2 Å². The standard InChI is InChI=1S/C12H13BrN2O2/c1-2-10(16)7-11-14-12(15-17-11)8-4-3-5-9(13)6-8/h3-6,10,16H,2,7H2,1H3. The summed E-state index contributed by atoms with van der Waals surface area (Å²) in [5, 5.41) is 13.4. The van der Waals surface area contributed by atoms with Gasteiger partial charge in [0.15, 0.2) is 0 Å². The Bertz CT molecular complexity index is 499. The molecule has 1 heterocycles. The van der Waals surface area contributed by atoms with Crippen molar-refractivity contribution in [3.8, 4) is 11.4 Å². The smallest absolute Gasteiger partial charge is 0.229 e. The van der Waals surface area contributed by atoms with Crippen molar-refractivity contribution in [3.05, 3.63) is 34.6 Å². The molecule has 0 fully saturated rings. The van der Waals surface area contributed by atoms with Gasteiger partial charge in [-0.15, -0.1) is 0 Å². The summed E-state index contributed by atoms with van der Waals surface area (Å²) < 4.78 is 6.06. The number of aromatic nitrogens is 2. The zero-order valence-electron chi connectivity index (χ0n) is 9.43. The lowest BCUT2D eigenvalue weighted by atomic mass is 10.2. The van der Waals surface area contributed by atoms with Crippen LogP contribution in [0.4, 0.5) is 0 Å². The highest BCUT2D eigenvalue weighted by Gasteiger charge is 2.12. The van der Waals surface area contributed by atoms with E-state index in [2.05, 4.69) is 26.1 Å². The van der Waals surface area contributed by atoms with Gasteiger partial charge in [-0.25, -0.2) is 0 Å². The summed E-state index contributed by atoms with van der Waals surface area (Å²) in [6, 6.07) is 7.68. The Morgan fingerprint density at radius 2 is 2.29 bits per heavy atom. The molecule has 0 bridgehead atoms. The average Bonchev–Trinajstić information content (AvgIpc) is 2.77. The minimum atomic E-state index is -0.425. The molecule has 0 aliphatic carbocycles. The minimum absolute atomic E-state index is 0.400. The Hall–Kier alpha value is -1.20. The molecule has 1 atom stereocenters. The van der Waals surface area contributed by atoms with E-state index in [1.165, 1.54) is 0 Å². The lowest BCUT2D eigenvalue weighted by Crippen LogP contribution is -2.08. The molecule has 0 saturated heterocycles. The molecule has 2 aromatic rings. The van der Waals surface area contributed by atoms with Crippen LogP contribution in [0.2, 0.25) is 0 Å². The maximum Gasteiger partial charge on any atom is 0.229 e. The first-order valence-corrected chi connectivity index (χ1v) is 6.25. The van der Waals surface area contributed by atoms with E-state index in [9.17, 15) is 5.11 Å². The first kappa shape index (κ1) is 12.3. The third-order valence-electron chi connectivity index (χ3n) is 2.43. The van der Waals surface area contributed by atoms with Crippen molar-refractivity contribution in [3.63, 3.8) is 0 Å². The van der Waals surface area contributed by atoms with Crippen molar-refractivity contribution in [2.45, 2.75) is 25.9 Å². The van der Waals surface area contributed by atoms with Crippen LogP contribution in [-0.2, 0) is 6.42 Å². The van der Waals surface area contributed by atoms with Gasteiger partial charge in [0, 0.05) is 10.0 Å². The molecule has 0 aliphatic heterocycles. The van der Waals surface area contributed by atoms with E-state index in [4.69, 9.17) is 4.52 Å². The van der Waals surface area contributed by atoms with Crippen molar-refractivity contribution in [2.75, 3.05) is 0 Å². The van der Waals surface area contributed by atoms with Crippen LogP contribution in [0.15, 0.2) is 33.3 Å². The molecule has 0 aliphatic rings. The van der Waals surface area contributed by atoms with Crippen LogP contribution < -0.4 is 0 Å². The third-order valence-corrected chi connectivity index (χ3v) is 2.93. The highest BCUT2D eigenvalue weighted by molar-refractivity contribution is 9.10. The predicted molar refractivity (Wildman–Crippen MR) is 67.4 cm³/mol. The van der Waals surface area contributed by atoms with Crippen LogP contribution in [0.3, 0.4) is 0 Å². The van der Waals surface area contributed by atoms with Crippen LogP contribution in [0, 0.1) is 0 Å². The normalized spacial score (nSPS) is 12.6. The summed E-state index contributed by atoms with van der Waals surface area (Å²) in [5.74, 6) is 1.01. The van der Waals surface area contributed by atoms with Gasteiger partial charge in [0.2, 0.25) is 11.7 Å². The van der Waals surface area contributed by atoms with E-state index in [1.807, 2.05) is 31.2 Å². The van der Waals surface area contributed by atoms with Crippen molar-refractivity contribution in [2.24, 2.45) is 0 Å². The Balaban J connectivity index is 2.18. The van der Waals surface area contributed by atoms with Crippen molar-refractivity contribution in [1.82, 2.24) is 10.1 Å². The minimum Gasteiger partial charge on any atom is -0.393 e. The zero-order valence-corrected chi connectivity index (χ0v) is 11.0. The number of aliphatic hydroxyl groups excluding tert-OH is 1. The lowest BCUT2D eigenvalue weighted by molar-refractivity contribution is 0.158. The molecule has 0 radical (unpaired) electrons. The number of hydrogen-bond acceptors (Lipinski definition) is 4. The molecule has 5 heteroatoms. The van der Waals surface area contributed by atoms with Crippen LogP contribution in [0.1, 0.15) is 19.2 Å². The highest BCUT2D eigenvalue weighted by Crippen LogP contribution is 2.20. The molecular formula is C12H13BrN2O2. The average molecular weight is 297 g/mol. The zero-order chi connectivity index (χ0) is 12.3. The molecule has 1 aromatic heterocycles. The molecule has 17 heavy (non-hydrogen) atoms. The van der Waals surface area contributed by atoms with Gasteiger partial charge in [0.25, 0.3) is 0 Å². The Morgan fingerprint density at radius 3 is 3.00 bits per heavy atom. The maximum absolute atomic E-state index is 9.50. The molecule has 0 amide bonds. The van der Waals surface area contributed by atoms with Crippen molar-refractivity contribution < 1.29 is 9.63 Å². The number of benzene rings is 1. The van der Waals surface area contributed by atoms with Crippen LogP contribution in [0.5, 0.6) is 0 Å². The van der Waals surface area contributed by atoms with Gasteiger partial charge in [0.05, 0.1) is 12.5 Å². The fraction of sp³-hybridized carbons (Fsp3) is 0.333. The van der Waals surface area contributed by atoms with Gasteiger partial charge in [-0.2, -0.15) is 4.98 Å². The first-order valence-electron chi connectivity index (χ1n) is 5.45. The van der Waals surface area contributed by atoms with Crippen LogP contribution in [-0.4, -0.2) is 21.4 Å². The van der Waals surface area contributed by atoms with Gasteiger partial charge in [-0.1, -0.05) is 40.1 Å². The second-order valence-corrected chi connectivity index (χ2v) is 4.70. The second kappa shape index (κ2) is 5.42. The molecule has 4 nitrogen and oxygen atoms in total. The van der Waals surface area contributed by atoms with E-state index >= 15 is 0 Å². The Morgan fingerprint density at radius 1 is 1.47 bits per heavy atom. The van der Waals surface area contributed by atoms with E-state index < -0.39 is 6.10 Å². The highest BCUT2D eigenvalue weighted by atomic mass is 79.9. The van der Waals surface area contributed by atoms with E-state index in [0.717, 1.165) is 10.0 Å². The Labute approximate surface area is 108 Å². The summed E-state index contributed by atoms with van der Waals surface area (Å²) >= 11 is 3.39. The fourth-order valence-corrected chi connectivity index (χ4v) is 1.83. The number of aliphatic hydroxyl groups is 1. The molecule has 1 unspecified atom stereocenters. The SMILES string of the molecule is CCC(O)Cc1nc(-c2cccc(Br)c2)no1. The van der Waals surface area contributed by atoms with Gasteiger partial charge in [-0.05, 0) is 18.6 Å².